The molecule has 0 saturated heterocycles. The molecule has 1 atom stereocenters. The first-order chi connectivity index (χ1) is 8.66. The second kappa shape index (κ2) is 6.38. The van der Waals surface area contributed by atoms with Gasteiger partial charge in [0, 0.05) is 17.5 Å². The third-order valence-electron chi connectivity index (χ3n) is 3.86. The molecule has 1 aromatic heterocycles. The first kappa shape index (κ1) is 14.3. The van der Waals surface area contributed by atoms with Crippen LogP contribution in [0.3, 0.4) is 0 Å². The van der Waals surface area contributed by atoms with Crippen molar-refractivity contribution in [3.05, 3.63) is 21.3 Å². The Morgan fingerprint density at radius 2 is 2.11 bits per heavy atom. The Kier molecular flexibility index (Phi) is 5.07. The molecule has 0 radical (unpaired) electrons. The summed E-state index contributed by atoms with van der Waals surface area (Å²) in [7, 11) is 0. The van der Waals surface area contributed by atoms with E-state index in [9.17, 15) is 0 Å². The molecule has 1 fully saturated rings. The normalized spacial score (nSPS) is 20.8. The number of hydrogen-bond donors (Lipinski definition) is 1. The van der Waals surface area contributed by atoms with E-state index in [1.54, 1.807) is 11.3 Å². The maximum atomic E-state index is 6.45. The molecule has 0 aromatic carbocycles. The van der Waals surface area contributed by atoms with Crippen LogP contribution in [0.1, 0.15) is 43.9 Å². The minimum Gasteiger partial charge on any atom is -0.374 e. The predicted octanol–water partition coefficient (Wildman–Crippen LogP) is 4.01. The summed E-state index contributed by atoms with van der Waals surface area (Å²) in [5, 5.41) is 0. The third kappa shape index (κ3) is 3.27. The zero-order valence-corrected chi connectivity index (χ0v) is 12.5. The van der Waals surface area contributed by atoms with Crippen LogP contribution in [0.15, 0.2) is 12.1 Å². The van der Waals surface area contributed by atoms with Crippen molar-refractivity contribution >= 4 is 22.9 Å². The Balaban J connectivity index is 2.05. The van der Waals surface area contributed by atoms with Crippen LogP contribution in [-0.4, -0.2) is 18.2 Å². The standard InChI is InChI=1S/C14H22ClNOS/c1-2-17-14(8-4-3-5-9-14)12(16)10-11-6-7-13(15)18-11/h6-7,12H,2-5,8-10,16H2,1H3. The van der Waals surface area contributed by atoms with Crippen LogP contribution in [-0.2, 0) is 11.2 Å². The molecule has 4 heteroatoms. The molecule has 0 spiro atoms. The molecule has 18 heavy (non-hydrogen) atoms. The minimum atomic E-state index is -0.108. The van der Waals surface area contributed by atoms with E-state index in [0.29, 0.717) is 0 Å². The van der Waals surface area contributed by atoms with Crippen LogP contribution in [0.2, 0.25) is 4.34 Å². The summed E-state index contributed by atoms with van der Waals surface area (Å²) in [6, 6.07) is 4.10. The third-order valence-corrected chi connectivity index (χ3v) is 5.11. The number of ether oxygens (including phenoxy) is 1. The van der Waals surface area contributed by atoms with Gasteiger partial charge in [0.2, 0.25) is 0 Å². The van der Waals surface area contributed by atoms with E-state index in [-0.39, 0.29) is 11.6 Å². The quantitative estimate of drug-likeness (QED) is 0.888. The minimum absolute atomic E-state index is 0.0764. The van der Waals surface area contributed by atoms with E-state index in [4.69, 9.17) is 22.1 Å². The van der Waals surface area contributed by atoms with Crippen molar-refractivity contribution < 1.29 is 4.74 Å². The zero-order valence-electron chi connectivity index (χ0n) is 11.0. The molecule has 1 aliphatic carbocycles. The lowest BCUT2D eigenvalue weighted by molar-refractivity contribution is -0.0816. The maximum absolute atomic E-state index is 6.45. The Bertz CT molecular complexity index is 368. The lowest BCUT2D eigenvalue weighted by atomic mass is 9.78. The molecule has 2 N–H and O–H groups in total. The molecule has 1 unspecified atom stereocenters. The maximum Gasteiger partial charge on any atom is 0.0931 e. The Morgan fingerprint density at radius 3 is 2.67 bits per heavy atom. The van der Waals surface area contributed by atoms with Crippen molar-refractivity contribution in [2.24, 2.45) is 5.73 Å². The Labute approximate surface area is 118 Å². The molecule has 2 nitrogen and oxygen atoms in total. The molecule has 2 rings (SSSR count). The molecule has 1 heterocycles. The highest BCUT2D eigenvalue weighted by Gasteiger charge is 2.38. The number of rotatable bonds is 5. The highest BCUT2D eigenvalue weighted by Crippen LogP contribution is 2.36. The molecule has 1 saturated carbocycles. The van der Waals surface area contributed by atoms with E-state index >= 15 is 0 Å². The fourth-order valence-electron chi connectivity index (χ4n) is 2.92. The van der Waals surface area contributed by atoms with Gasteiger partial charge in [-0.15, -0.1) is 11.3 Å². The molecule has 0 aliphatic heterocycles. The summed E-state index contributed by atoms with van der Waals surface area (Å²) in [6.45, 7) is 2.81. The van der Waals surface area contributed by atoms with Crippen LogP contribution in [0.25, 0.3) is 0 Å². The summed E-state index contributed by atoms with van der Waals surface area (Å²) in [5.41, 5.74) is 6.34. The fourth-order valence-corrected chi connectivity index (χ4v) is 4.07. The fraction of sp³-hybridized carbons (Fsp3) is 0.714. The van der Waals surface area contributed by atoms with Crippen molar-refractivity contribution in [3.63, 3.8) is 0 Å². The summed E-state index contributed by atoms with van der Waals surface area (Å²) >= 11 is 7.60. The first-order valence-electron chi connectivity index (χ1n) is 6.80. The van der Waals surface area contributed by atoms with Crippen molar-refractivity contribution in [2.45, 2.75) is 57.1 Å². The predicted molar refractivity (Wildman–Crippen MR) is 78.5 cm³/mol. The second-order valence-corrected chi connectivity index (χ2v) is 6.87. The van der Waals surface area contributed by atoms with Crippen molar-refractivity contribution in [3.8, 4) is 0 Å². The van der Waals surface area contributed by atoms with E-state index < -0.39 is 0 Å². The molecule has 1 aromatic rings. The van der Waals surface area contributed by atoms with Crippen LogP contribution < -0.4 is 5.73 Å². The molecule has 0 amide bonds. The molecular weight excluding hydrogens is 266 g/mol. The lowest BCUT2D eigenvalue weighted by Crippen LogP contribution is -2.52. The molecule has 1 aliphatic rings. The van der Waals surface area contributed by atoms with Gasteiger partial charge in [0.15, 0.2) is 0 Å². The monoisotopic (exact) mass is 287 g/mol. The number of thiophene rings is 1. The highest BCUT2D eigenvalue weighted by atomic mass is 35.5. The molecular formula is C14H22ClNOS. The Morgan fingerprint density at radius 1 is 1.39 bits per heavy atom. The van der Waals surface area contributed by atoms with Crippen molar-refractivity contribution in [2.75, 3.05) is 6.61 Å². The van der Waals surface area contributed by atoms with Gasteiger partial charge in [0.05, 0.1) is 9.94 Å². The summed E-state index contributed by atoms with van der Waals surface area (Å²) in [6.07, 6.45) is 6.85. The first-order valence-corrected chi connectivity index (χ1v) is 7.99. The van der Waals surface area contributed by atoms with Gasteiger partial charge in [0.1, 0.15) is 0 Å². The van der Waals surface area contributed by atoms with Crippen molar-refractivity contribution in [1.29, 1.82) is 0 Å². The van der Waals surface area contributed by atoms with Gasteiger partial charge >= 0.3 is 0 Å². The second-order valence-electron chi connectivity index (χ2n) is 5.07. The van der Waals surface area contributed by atoms with Crippen molar-refractivity contribution in [1.82, 2.24) is 0 Å². The average molecular weight is 288 g/mol. The summed E-state index contributed by atoms with van der Waals surface area (Å²) in [5.74, 6) is 0. The van der Waals surface area contributed by atoms with Gasteiger partial charge in [0.25, 0.3) is 0 Å². The SMILES string of the molecule is CCOC1(C(N)Cc2ccc(Cl)s2)CCCCC1. The average Bonchev–Trinajstić information content (AvgIpc) is 2.76. The van der Waals surface area contributed by atoms with Crippen LogP contribution in [0.4, 0.5) is 0 Å². The molecule has 0 bridgehead atoms. The Hall–Kier alpha value is -0.0900. The van der Waals surface area contributed by atoms with E-state index in [2.05, 4.69) is 13.0 Å². The van der Waals surface area contributed by atoms with Gasteiger partial charge in [-0.05, 0) is 38.3 Å². The van der Waals surface area contributed by atoms with Gasteiger partial charge in [-0.25, -0.2) is 0 Å². The van der Waals surface area contributed by atoms with Crippen LogP contribution in [0, 0.1) is 0 Å². The highest BCUT2D eigenvalue weighted by molar-refractivity contribution is 7.16. The summed E-state index contributed by atoms with van der Waals surface area (Å²) in [4.78, 5) is 1.26. The smallest absolute Gasteiger partial charge is 0.0931 e. The van der Waals surface area contributed by atoms with E-state index in [1.807, 2.05) is 6.07 Å². The summed E-state index contributed by atoms with van der Waals surface area (Å²) < 4.78 is 6.90. The largest absolute Gasteiger partial charge is 0.374 e. The van der Waals surface area contributed by atoms with E-state index in [1.165, 1.54) is 24.1 Å². The molecule has 102 valence electrons. The number of nitrogens with two attached hydrogens (primary N) is 1. The number of hydrogen-bond acceptors (Lipinski definition) is 3. The van der Waals surface area contributed by atoms with Crippen LogP contribution in [0.5, 0.6) is 0 Å². The van der Waals surface area contributed by atoms with Gasteiger partial charge in [-0.1, -0.05) is 30.9 Å². The number of halogens is 1. The lowest BCUT2D eigenvalue weighted by Gasteiger charge is -2.41. The van der Waals surface area contributed by atoms with Gasteiger partial charge in [-0.2, -0.15) is 0 Å². The topological polar surface area (TPSA) is 35.2 Å². The van der Waals surface area contributed by atoms with Gasteiger partial charge < -0.3 is 10.5 Å². The van der Waals surface area contributed by atoms with Gasteiger partial charge in [-0.3, -0.25) is 0 Å². The van der Waals surface area contributed by atoms with E-state index in [0.717, 1.165) is 30.2 Å². The zero-order chi connectivity index (χ0) is 13.0. The van der Waals surface area contributed by atoms with Crippen LogP contribution >= 0.6 is 22.9 Å².